The molecule has 48 valence electrons. The zero-order valence-electron chi connectivity index (χ0n) is 4.95. The molecule has 0 aromatic rings. The molecule has 0 unspecified atom stereocenters. The van der Waals surface area contributed by atoms with Crippen molar-refractivity contribution >= 4 is 5.97 Å². The first kappa shape index (κ1) is 6.08. The van der Waals surface area contributed by atoms with Crippen LogP contribution in [-0.4, -0.2) is 11.1 Å². The van der Waals surface area contributed by atoms with Crippen molar-refractivity contribution in [1.29, 1.82) is 0 Å². The third kappa shape index (κ3) is 1.42. The number of carboxylic acids is 1. The molecule has 0 fully saturated rings. The summed E-state index contributed by atoms with van der Waals surface area (Å²) in [7, 11) is 0. The van der Waals surface area contributed by atoms with Gasteiger partial charge in [-0.2, -0.15) is 0 Å². The summed E-state index contributed by atoms with van der Waals surface area (Å²) in [6.07, 6.45) is 7.81. The highest BCUT2D eigenvalue weighted by Crippen LogP contribution is 2.10. The normalized spacial score (nSPS) is 24.2. The van der Waals surface area contributed by atoms with Crippen LogP contribution in [0.5, 0.6) is 0 Å². The molecule has 1 N–H and O–H groups in total. The van der Waals surface area contributed by atoms with E-state index in [1.165, 1.54) is 0 Å². The van der Waals surface area contributed by atoms with Crippen molar-refractivity contribution in [2.75, 3.05) is 0 Å². The molecule has 1 aliphatic carbocycles. The lowest BCUT2D eigenvalue weighted by Crippen LogP contribution is -2.10. The first-order valence-corrected chi connectivity index (χ1v) is 2.87. The summed E-state index contributed by atoms with van der Waals surface area (Å²) in [4.78, 5) is 10.3. The lowest BCUT2D eigenvalue weighted by Gasteiger charge is -2.04. The topological polar surface area (TPSA) is 37.3 Å². The summed E-state index contributed by atoms with van der Waals surface area (Å²) in [5, 5.41) is 8.45. The van der Waals surface area contributed by atoms with E-state index in [1.54, 1.807) is 12.2 Å². The van der Waals surface area contributed by atoms with E-state index in [0.717, 1.165) is 0 Å². The van der Waals surface area contributed by atoms with Gasteiger partial charge in [-0.3, -0.25) is 4.79 Å². The Balaban J connectivity index is 2.56. The van der Waals surface area contributed by atoms with Crippen molar-refractivity contribution in [3.05, 3.63) is 24.3 Å². The molecule has 1 atom stereocenters. The number of hydrogen-bond donors (Lipinski definition) is 1. The summed E-state index contributed by atoms with van der Waals surface area (Å²) >= 11 is 0. The fourth-order valence-corrected chi connectivity index (χ4v) is 0.764. The van der Waals surface area contributed by atoms with Crippen LogP contribution < -0.4 is 0 Å². The van der Waals surface area contributed by atoms with Crippen LogP contribution in [0.25, 0.3) is 0 Å². The second kappa shape index (κ2) is 2.49. The van der Waals surface area contributed by atoms with Crippen LogP contribution in [0.4, 0.5) is 0 Å². The van der Waals surface area contributed by atoms with Gasteiger partial charge < -0.3 is 5.11 Å². The molecule has 0 aliphatic heterocycles. The zero-order valence-corrected chi connectivity index (χ0v) is 4.95. The molecule has 2 heteroatoms. The van der Waals surface area contributed by atoms with E-state index in [4.69, 9.17) is 5.11 Å². The fourth-order valence-electron chi connectivity index (χ4n) is 0.764. The molecule has 9 heavy (non-hydrogen) atoms. The minimum absolute atomic E-state index is 0.296. The van der Waals surface area contributed by atoms with Crippen LogP contribution in [0.3, 0.4) is 0 Å². The van der Waals surface area contributed by atoms with E-state index in [-0.39, 0.29) is 5.92 Å². The maximum atomic E-state index is 10.3. The second-order valence-electron chi connectivity index (χ2n) is 1.99. The fraction of sp³-hybridized carbons (Fsp3) is 0.286. The van der Waals surface area contributed by atoms with Crippen molar-refractivity contribution < 1.29 is 9.90 Å². The smallest absolute Gasteiger partial charge is 0.310 e. The first-order valence-electron chi connectivity index (χ1n) is 2.87. The molecule has 0 saturated heterocycles. The van der Waals surface area contributed by atoms with Crippen molar-refractivity contribution in [1.82, 2.24) is 0 Å². The van der Waals surface area contributed by atoms with Gasteiger partial charge in [-0.15, -0.1) is 0 Å². The average Bonchev–Trinajstić information content (AvgIpc) is 1.90. The third-order valence-electron chi connectivity index (χ3n) is 1.30. The van der Waals surface area contributed by atoms with Gasteiger partial charge in [-0.1, -0.05) is 24.3 Å². The van der Waals surface area contributed by atoms with Crippen molar-refractivity contribution in [3.8, 4) is 0 Å². The van der Waals surface area contributed by atoms with Gasteiger partial charge in [0.05, 0.1) is 5.92 Å². The van der Waals surface area contributed by atoms with Gasteiger partial charge in [0.1, 0.15) is 0 Å². The van der Waals surface area contributed by atoms with E-state index in [1.807, 2.05) is 12.2 Å². The number of hydrogen-bond acceptors (Lipinski definition) is 1. The van der Waals surface area contributed by atoms with Crippen LogP contribution >= 0.6 is 0 Å². The monoisotopic (exact) mass is 124 g/mol. The number of rotatable bonds is 1. The Labute approximate surface area is 53.5 Å². The molecule has 1 aliphatic rings. The molecule has 1 rings (SSSR count). The van der Waals surface area contributed by atoms with E-state index in [2.05, 4.69) is 0 Å². The zero-order chi connectivity index (χ0) is 6.69. The van der Waals surface area contributed by atoms with Crippen LogP contribution in [-0.2, 0) is 4.79 Å². The third-order valence-corrected chi connectivity index (χ3v) is 1.30. The van der Waals surface area contributed by atoms with E-state index >= 15 is 0 Å². The summed E-state index contributed by atoms with van der Waals surface area (Å²) in [6, 6.07) is 0. The molecule has 0 aromatic heterocycles. The molecule has 0 amide bonds. The second-order valence-corrected chi connectivity index (χ2v) is 1.99. The molecule has 0 radical (unpaired) electrons. The van der Waals surface area contributed by atoms with Gasteiger partial charge in [-0.05, 0) is 6.42 Å². The predicted molar refractivity (Wildman–Crippen MR) is 34.0 cm³/mol. The van der Waals surface area contributed by atoms with E-state index < -0.39 is 5.97 Å². The van der Waals surface area contributed by atoms with Gasteiger partial charge in [0, 0.05) is 0 Å². The standard InChI is InChI=1S/C7H8O2/c8-7(9)6-4-2-1-3-5-6/h1-4,6H,5H2,(H,8,9)/t6-/m0/s1. The Bertz CT molecular complexity index is 168. The van der Waals surface area contributed by atoms with Crippen molar-refractivity contribution in [2.45, 2.75) is 6.42 Å². The molecule has 0 heterocycles. The Morgan fingerprint density at radius 1 is 1.56 bits per heavy atom. The highest BCUT2D eigenvalue weighted by Gasteiger charge is 2.12. The lowest BCUT2D eigenvalue weighted by molar-refractivity contribution is -0.139. The van der Waals surface area contributed by atoms with E-state index in [0.29, 0.717) is 6.42 Å². The Morgan fingerprint density at radius 2 is 2.33 bits per heavy atom. The summed E-state index contributed by atoms with van der Waals surface area (Å²) in [5.74, 6) is -1.04. The highest BCUT2D eigenvalue weighted by molar-refractivity contribution is 5.72. The molecular formula is C7H8O2. The van der Waals surface area contributed by atoms with E-state index in [9.17, 15) is 4.79 Å². The summed E-state index contributed by atoms with van der Waals surface area (Å²) in [6.45, 7) is 0. The molecule has 0 saturated carbocycles. The molecule has 0 bridgehead atoms. The molecule has 2 nitrogen and oxygen atoms in total. The highest BCUT2D eigenvalue weighted by atomic mass is 16.4. The van der Waals surface area contributed by atoms with Gasteiger partial charge >= 0.3 is 5.97 Å². The SMILES string of the molecule is O=C(O)[C@H]1C=CC=CC1. The summed E-state index contributed by atoms with van der Waals surface area (Å²) in [5.41, 5.74) is 0. The Hall–Kier alpha value is -1.05. The minimum atomic E-state index is -0.740. The van der Waals surface area contributed by atoms with Gasteiger partial charge in [0.15, 0.2) is 0 Å². The van der Waals surface area contributed by atoms with Gasteiger partial charge in [0.25, 0.3) is 0 Å². The van der Waals surface area contributed by atoms with Crippen LogP contribution in [0.15, 0.2) is 24.3 Å². The minimum Gasteiger partial charge on any atom is -0.481 e. The maximum absolute atomic E-state index is 10.3. The maximum Gasteiger partial charge on any atom is 0.310 e. The largest absolute Gasteiger partial charge is 0.481 e. The number of aliphatic carboxylic acids is 1. The Kier molecular flexibility index (Phi) is 1.68. The lowest BCUT2D eigenvalue weighted by atomic mass is 10.0. The summed E-state index contributed by atoms with van der Waals surface area (Å²) < 4.78 is 0. The first-order chi connectivity index (χ1) is 4.30. The van der Waals surface area contributed by atoms with Crippen molar-refractivity contribution in [3.63, 3.8) is 0 Å². The quantitative estimate of drug-likeness (QED) is 0.570. The Morgan fingerprint density at radius 3 is 2.67 bits per heavy atom. The van der Waals surface area contributed by atoms with Gasteiger partial charge in [0.2, 0.25) is 0 Å². The van der Waals surface area contributed by atoms with Crippen LogP contribution in [0.2, 0.25) is 0 Å². The van der Waals surface area contributed by atoms with Crippen LogP contribution in [0, 0.1) is 5.92 Å². The molecule has 0 spiro atoms. The molecule has 0 aromatic carbocycles. The number of carboxylic acid groups (broad SMARTS) is 1. The predicted octanol–water partition coefficient (Wildman–Crippen LogP) is 1.20. The average molecular weight is 124 g/mol. The van der Waals surface area contributed by atoms with Crippen LogP contribution in [0.1, 0.15) is 6.42 Å². The number of allylic oxidation sites excluding steroid dienone is 3. The molecular weight excluding hydrogens is 116 g/mol. The number of carbonyl (C=O) groups is 1. The van der Waals surface area contributed by atoms with Crippen molar-refractivity contribution in [2.24, 2.45) is 5.92 Å². The van der Waals surface area contributed by atoms with Gasteiger partial charge in [-0.25, -0.2) is 0 Å².